The molecule has 0 aromatic heterocycles. The van der Waals surface area contributed by atoms with Crippen LogP contribution in [0.4, 0.5) is 5.69 Å². The Morgan fingerprint density at radius 2 is 1.96 bits per heavy atom. The summed E-state index contributed by atoms with van der Waals surface area (Å²) in [7, 11) is -4.02. The zero-order chi connectivity index (χ0) is 17.9. The van der Waals surface area contributed by atoms with Crippen LogP contribution in [-0.2, 0) is 16.6 Å². The summed E-state index contributed by atoms with van der Waals surface area (Å²) < 4.78 is 26.7. The van der Waals surface area contributed by atoms with Crippen LogP contribution in [0.3, 0.4) is 0 Å². The van der Waals surface area contributed by atoms with Crippen molar-refractivity contribution in [2.24, 2.45) is 0 Å². The van der Waals surface area contributed by atoms with Crippen molar-refractivity contribution in [3.05, 3.63) is 68.7 Å². The number of nitrogens with zero attached hydrogens (tertiary/aromatic N) is 1. The standard InChI is InChI=1S/C14H11ClN2O6S/c15-12-5-4-11(7-13(12)17(20)21)24(22,23)16-8-9-2-1-3-10(6-9)14(18)19/h1-7,16H,8H2,(H,18,19). The molecule has 2 rings (SSSR count). The van der Waals surface area contributed by atoms with Gasteiger partial charge in [0.15, 0.2) is 0 Å². The molecule has 0 spiro atoms. The van der Waals surface area contributed by atoms with Gasteiger partial charge in [0.1, 0.15) is 5.02 Å². The normalized spacial score (nSPS) is 11.2. The van der Waals surface area contributed by atoms with Gasteiger partial charge in [0.25, 0.3) is 5.69 Å². The van der Waals surface area contributed by atoms with Crippen molar-refractivity contribution >= 4 is 33.3 Å². The maximum Gasteiger partial charge on any atom is 0.335 e. The minimum absolute atomic E-state index is 0.0221. The molecule has 0 aliphatic rings. The van der Waals surface area contributed by atoms with Crippen LogP contribution in [0.1, 0.15) is 15.9 Å². The van der Waals surface area contributed by atoms with Gasteiger partial charge in [-0.3, -0.25) is 10.1 Å². The predicted molar refractivity (Wildman–Crippen MR) is 85.5 cm³/mol. The molecule has 0 aliphatic heterocycles. The fraction of sp³-hybridized carbons (Fsp3) is 0.0714. The van der Waals surface area contributed by atoms with Gasteiger partial charge in [0, 0.05) is 12.6 Å². The third-order valence-corrected chi connectivity index (χ3v) is 4.78. The van der Waals surface area contributed by atoms with Crippen molar-refractivity contribution < 1.29 is 23.2 Å². The summed E-state index contributed by atoms with van der Waals surface area (Å²) in [4.78, 5) is 20.6. The van der Waals surface area contributed by atoms with E-state index >= 15 is 0 Å². The van der Waals surface area contributed by atoms with E-state index in [0.717, 1.165) is 18.2 Å². The molecule has 0 bridgehead atoms. The molecule has 0 atom stereocenters. The number of nitro groups is 1. The molecule has 10 heteroatoms. The van der Waals surface area contributed by atoms with Crippen molar-refractivity contribution in [1.82, 2.24) is 4.72 Å². The first-order valence-electron chi connectivity index (χ1n) is 6.46. The van der Waals surface area contributed by atoms with Crippen LogP contribution in [0.2, 0.25) is 5.02 Å². The van der Waals surface area contributed by atoms with Crippen LogP contribution in [0.25, 0.3) is 0 Å². The Hall–Kier alpha value is -2.49. The minimum Gasteiger partial charge on any atom is -0.478 e. The first-order valence-corrected chi connectivity index (χ1v) is 8.32. The van der Waals surface area contributed by atoms with Gasteiger partial charge < -0.3 is 5.11 Å². The molecule has 0 saturated heterocycles. The number of sulfonamides is 1. The average molecular weight is 371 g/mol. The molecular weight excluding hydrogens is 360 g/mol. The number of aromatic carboxylic acids is 1. The molecule has 2 aromatic rings. The van der Waals surface area contributed by atoms with Crippen molar-refractivity contribution in [2.45, 2.75) is 11.4 Å². The molecular formula is C14H11ClN2O6S. The van der Waals surface area contributed by atoms with Gasteiger partial charge in [0.05, 0.1) is 15.4 Å². The lowest BCUT2D eigenvalue weighted by Crippen LogP contribution is -2.23. The van der Waals surface area contributed by atoms with Crippen LogP contribution in [-0.4, -0.2) is 24.4 Å². The van der Waals surface area contributed by atoms with Crippen LogP contribution < -0.4 is 4.72 Å². The summed E-state index contributed by atoms with van der Waals surface area (Å²) in [6, 6.07) is 8.88. The Morgan fingerprint density at radius 1 is 1.25 bits per heavy atom. The number of carboxylic acids is 1. The summed E-state index contributed by atoms with van der Waals surface area (Å²) in [5.74, 6) is -1.13. The summed E-state index contributed by atoms with van der Waals surface area (Å²) in [5.41, 5.74) is -0.0665. The number of halogens is 1. The summed E-state index contributed by atoms with van der Waals surface area (Å²) in [5, 5.41) is 19.6. The average Bonchev–Trinajstić information content (AvgIpc) is 2.53. The number of hydrogen-bond donors (Lipinski definition) is 2. The second-order valence-electron chi connectivity index (χ2n) is 4.70. The van der Waals surface area contributed by atoms with Gasteiger partial charge >= 0.3 is 5.97 Å². The largest absolute Gasteiger partial charge is 0.478 e. The Labute approximate surface area is 141 Å². The topological polar surface area (TPSA) is 127 Å². The third-order valence-electron chi connectivity index (χ3n) is 3.06. The number of rotatable bonds is 6. The fourth-order valence-corrected chi connectivity index (χ4v) is 3.10. The van der Waals surface area contributed by atoms with E-state index in [9.17, 15) is 23.3 Å². The van der Waals surface area contributed by atoms with Gasteiger partial charge in [-0.1, -0.05) is 23.7 Å². The second-order valence-corrected chi connectivity index (χ2v) is 6.87. The number of benzene rings is 2. The van der Waals surface area contributed by atoms with E-state index in [-0.39, 0.29) is 22.0 Å². The molecule has 0 radical (unpaired) electrons. The molecule has 0 aliphatic carbocycles. The second kappa shape index (κ2) is 6.95. The molecule has 126 valence electrons. The van der Waals surface area contributed by atoms with Gasteiger partial charge in [0.2, 0.25) is 10.0 Å². The van der Waals surface area contributed by atoms with Crippen LogP contribution in [0, 0.1) is 10.1 Å². The highest BCUT2D eigenvalue weighted by Crippen LogP contribution is 2.27. The lowest BCUT2D eigenvalue weighted by atomic mass is 10.1. The van der Waals surface area contributed by atoms with E-state index in [1.54, 1.807) is 6.07 Å². The molecule has 24 heavy (non-hydrogen) atoms. The highest BCUT2D eigenvalue weighted by Gasteiger charge is 2.20. The Kier molecular flexibility index (Phi) is 5.17. The maximum absolute atomic E-state index is 12.2. The van der Waals surface area contributed by atoms with Gasteiger partial charge in [-0.2, -0.15) is 0 Å². The number of nitro benzene ring substituents is 1. The minimum atomic E-state index is -4.02. The van der Waals surface area contributed by atoms with Crippen LogP contribution in [0.5, 0.6) is 0 Å². The monoisotopic (exact) mass is 370 g/mol. The number of nitrogens with one attached hydrogen (secondary N) is 1. The first-order chi connectivity index (χ1) is 11.2. The Bertz CT molecular complexity index is 913. The lowest BCUT2D eigenvalue weighted by molar-refractivity contribution is -0.384. The maximum atomic E-state index is 12.2. The van der Waals surface area contributed by atoms with Crippen LogP contribution in [0.15, 0.2) is 47.4 Å². The lowest BCUT2D eigenvalue weighted by Gasteiger charge is -2.08. The highest BCUT2D eigenvalue weighted by atomic mass is 35.5. The Morgan fingerprint density at radius 3 is 2.58 bits per heavy atom. The third kappa shape index (κ3) is 4.07. The molecule has 0 fully saturated rings. The molecule has 0 amide bonds. The van der Waals surface area contributed by atoms with E-state index in [1.165, 1.54) is 18.2 Å². The van der Waals surface area contributed by atoms with Crippen molar-refractivity contribution in [3.63, 3.8) is 0 Å². The summed E-state index contributed by atoms with van der Waals surface area (Å²) >= 11 is 5.65. The molecule has 8 nitrogen and oxygen atoms in total. The van der Waals surface area contributed by atoms with E-state index in [2.05, 4.69) is 4.72 Å². The molecule has 2 N–H and O–H groups in total. The van der Waals surface area contributed by atoms with Crippen molar-refractivity contribution in [2.75, 3.05) is 0 Å². The SMILES string of the molecule is O=C(O)c1cccc(CNS(=O)(=O)c2ccc(Cl)c([N+](=O)[O-])c2)c1. The smallest absolute Gasteiger partial charge is 0.335 e. The fourth-order valence-electron chi connectivity index (χ4n) is 1.88. The van der Waals surface area contributed by atoms with Crippen molar-refractivity contribution in [3.8, 4) is 0 Å². The number of carbonyl (C=O) groups is 1. The predicted octanol–water partition coefficient (Wildman–Crippen LogP) is 2.42. The first kappa shape index (κ1) is 17.9. The summed E-state index contributed by atoms with van der Waals surface area (Å²) in [6.45, 7) is -0.167. The van der Waals surface area contributed by atoms with E-state index < -0.39 is 26.6 Å². The molecule has 0 heterocycles. The quantitative estimate of drug-likeness (QED) is 0.593. The highest BCUT2D eigenvalue weighted by molar-refractivity contribution is 7.89. The van der Waals surface area contributed by atoms with Gasteiger partial charge in [-0.15, -0.1) is 0 Å². The van der Waals surface area contributed by atoms with Gasteiger partial charge in [-0.05, 0) is 29.8 Å². The van der Waals surface area contributed by atoms with E-state index in [1.807, 2.05) is 0 Å². The molecule has 0 saturated carbocycles. The van der Waals surface area contributed by atoms with E-state index in [0.29, 0.717) is 5.56 Å². The van der Waals surface area contributed by atoms with Crippen LogP contribution >= 0.6 is 11.6 Å². The number of carboxylic acid groups (broad SMARTS) is 1. The van der Waals surface area contributed by atoms with E-state index in [4.69, 9.17) is 16.7 Å². The molecule has 2 aromatic carbocycles. The number of hydrogen-bond acceptors (Lipinski definition) is 5. The van der Waals surface area contributed by atoms with Gasteiger partial charge in [-0.25, -0.2) is 17.9 Å². The van der Waals surface area contributed by atoms with Crippen molar-refractivity contribution in [1.29, 1.82) is 0 Å². The zero-order valence-electron chi connectivity index (χ0n) is 12.0. The zero-order valence-corrected chi connectivity index (χ0v) is 13.5. The molecule has 0 unspecified atom stereocenters. The Balaban J connectivity index is 2.23. The summed E-state index contributed by atoms with van der Waals surface area (Å²) in [6.07, 6.45) is 0.